The van der Waals surface area contributed by atoms with Crippen molar-refractivity contribution < 1.29 is 4.74 Å². The molecule has 0 unspecified atom stereocenters. The van der Waals surface area contributed by atoms with Crippen LogP contribution in [0.25, 0.3) is 0 Å². The third-order valence-electron chi connectivity index (χ3n) is 3.19. The van der Waals surface area contributed by atoms with Crippen LogP contribution in [0.2, 0.25) is 0 Å². The number of nitrogens with zero attached hydrogens (tertiary/aromatic N) is 2. The van der Waals surface area contributed by atoms with E-state index in [0.717, 1.165) is 56.2 Å². The number of anilines is 2. The monoisotopic (exact) mass is 250 g/mol. The van der Waals surface area contributed by atoms with Crippen LogP contribution in [0.1, 0.15) is 31.7 Å². The Morgan fingerprint density at radius 3 is 2.72 bits per heavy atom. The summed E-state index contributed by atoms with van der Waals surface area (Å²) in [6.45, 7) is 6.81. The van der Waals surface area contributed by atoms with Crippen molar-refractivity contribution in [2.24, 2.45) is 0 Å². The Kier molecular flexibility index (Phi) is 4.75. The van der Waals surface area contributed by atoms with Crippen molar-refractivity contribution in [2.45, 2.75) is 39.2 Å². The maximum Gasteiger partial charge on any atom is 0.134 e. The minimum atomic E-state index is 0.464. The Morgan fingerprint density at radius 2 is 2.00 bits per heavy atom. The molecule has 1 aromatic rings. The topological polar surface area (TPSA) is 59.1 Å². The van der Waals surface area contributed by atoms with Crippen molar-refractivity contribution in [3.63, 3.8) is 0 Å². The highest BCUT2D eigenvalue weighted by molar-refractivity contribution is 5.56. The average Bonchev–Trinajstić information content (AvgIpc) is 2.41. The van der Waals surface area contributed by atoms with Gasteiger partial charge in [-0.25, -0.2) is 9.97 Å². The van der Waals surface area contributed by atoms with Crippen LogP contribution in [-0.2, 0) is 4.74 Å². The van der Waals surface area contributed by atoms with Crippen LogP contribution in [0.3, 0.4) is 0 Å². The quantitative estimate of drug-likeness (QED) is 0.839. The van der Waals surface area contributed by atoms with Crippen molar-refractivity contribution in [1.29, 1.82) is 0 Å². The number of nitrogens with one attached hydrogen (secondary N) is 2. The van der Waals surface area contributed by atoms with Gasteiger partial charge in [0.2, 0.25) is 0 Å². The molecule has 1 saturated heterocycles. The summed E-state index contributed by atoms with van der Waals surface area (Å²) in [4.78, 5) is 8.62. The van der Waals surface area contributed by atoms with E-state index in [2.05, 4.69) is 34.4 Å². The fourth-order valence-corrected chi connectivity index (χ4v) is 2.05. The summed E-state index contributed by atoms with van der Waals surface area (Å²) in [7, 11) is 0. The maximum absolute atomic E-state index is 5.36. The summed E-state index contributed by atoms with van der Waals surface area (Å²) in [5.41, 5.74) is 1.09. The highest BCUT2D eigenvalue weighted by Gasteiger charge is 2.15. The molecule has 1 fully saturated rings. The van der Waals surface area contributed by atoms with E-state index in [1.54, 1.807) is 6.33 Å². The summed E-state index contributed by atoms with van der Waals surface area (Å²) in [6.07, 6.45) is 4.79. The van der Waals surface area contributed by atoms with Gasteiger partial charge in [-0.05, 0) is 26.2 Å². The highest BCUT2D eigenvalue weighted by atomic mass is 16.5. The van der Waals surface area contributed by atoms with Crippen LogP contribution in [0.5, 0.6) is 0 Å². The van der Waals surface area contributed by atoms with Gasteiger partial charge in [0.1, 0.15) is 18.0 Å². The van der Waals surface area contributed by atoms with Gasteiger partial charge in [-0.1, -0.05) is 6.92 Å². The Labute approximate surface area is 108 Å². The third-order valence-corrected chi connectivity index (χ3v) is 3.19. The molecule has 1 aromatic heterocycles. The van der Waals surface area contributed by atoms with Gasteiger partial charge in [-0.2, -0.15) is 0 Å². The Bertz CT molecular complexity index is 377. The molecule has 0 spiro atoms. The van der Waals surface area contributed by atoms with Gasteiger partial charge in [0.15, 0.2) is 0 Å². The van der Waals surface area contributed by atoms with Gasteiger partial charge in [0.05, 0.1) is 0 Å². The van der Waals surface area contributed by atoms with Gasteiger partial charge >= 0.3 is 0 Å². The van der Waals surface area contributed by atoms with E-state index in [4.69, 9.17) is 4.74 Å². The SMILES string of the molecule is CCCNc1ncnc(NC2CCOCC2)c1C. The highest BCUT2D eigenvalue weighted by Crippen LogP contribution is 2.21. The van der Waals surface area contributed by atoms with Gasteiger partial charge in [-0.15, -0.1) is 0 Å². The van der Waals surface area contributed by atoms with E-state index in [1.165, 1.54) is 0 Å². The number of hydrogen-bond donors (Lipinski definition) is 2. The lowest BCUT2D eigenvalue weighted by Crippen LogP contribution is -2.28. The molecule has 5 heteroatoms. The number of hydrogen-bond acceptors (Lipinski definition) is 5. The Balaban J connectivity index is 2.02. The minimum Gasteiger partial charge on any atom is -0.381 e. The minimum absolute atomic E-state index is 0.464. The predicted octanol–water partition coefficient (Wildman–Crippen LogP) is 2.20. The van der Waals surface area contributed by atoms with Crippen molar-refractivity contribution in [2.75, 3.05) is 30.4 Å². The standard InChI is InChI=1S/C13H22N4O/c1-3-6-14-12-10(2)13(16-9-15-12)17-11-4-7-18-8-5-11/h9,11H,3-8H2,1-2H3,(H2,14,15,16,17). The molecule has 0 aromatic carbocycles. The van der Waals surface area contributed by atoms with E-state index in [-0.39, 0.29) is 0 Å². The molecule has 0 bridgehead atoms. The van der Waals surface area contributed by atoms with Crippen LogP contribution < -0.4 is 10.6 Å². The third kappa shape index (κ3) is 3.32. The molecule has 100 valence electrons. The van der Waals surface area contributed by atoms with E-state index in [9.17, 15) is 0 Å². The van der Waals surface area contributed by atoms with E-state index in [1.807, 2.05) is 0 Å². The summed E-state index contributed by atoms with van der Waals surface area (Å²) in [5.74, 6) is 1.87. The molecule has 0 radical (unpaired) electrons. The molecular weight excluding hydrogens is 228 g/mol. The summed E-state index contributed by atoms with van der Waals surface area (Å²) < 4.78 is 5.36. The van der Waals surface area contributed by atoms with E-state index < -0.39 is 0 Å². The van der Waals surface area contributed by atoms with Crippen LogP contribution in [0.15, 0.2) is 6.33 Å². The second-order valence-corrected chi connectivity index (χ2v) is 4.65. The Hall–Kier alpha value is -1.36. The zero-order valence-corrected chi connectivity index (χ0v) is 11.2. The molecule has 0 aliphatic carbocycles. The van der Waals surface area contributed by atoms with Crippen molar-refractivity contribution >= 4 is 11.6 Å². The smallest absolute Gasteiger partial charge is 0.134 e. The number of rotatable bonds is 5. The molecule has 5 nitrogen and oxygen atoms in total. The molecule has 18 heavy (non-hydrogen) atoms. The van der Waals surface area contributed by atoms with Crippen LogP contribution in [0, 0.1) is 6.92 Å². The summed E-state index contributed by atoms with van der Waals surface area (Å²) in [6, 6.07) is 0.464. The first kappa shape index (κ1) is 13.1. The van der Waals surface area contributed by atoms with Crippen LogP contribution in [-0.4, -0.2) is 35.8 Å². The van der Waals surface area contributed by atoms with Crippen LogP contribution >= 0.6 is 0 Å². The van der Waals surface area contributed by atoms with Crippen molar-refractivity contribution in [3.8, 4) is 0 Å². The van der Waals surface area contributed by atoms with Crippen molar-refractivity contribution in [1.82, 2.24) is 9.97 Å². The second kappa shape index (κ2) is 6.54. The van der Waals surface area contributed by atoms with Gasteiger partial charge in [0.25, 0.3) is 0 Å². The maximum atomic E-state index is 5.36. The first-order valence-electron chi connectivity index (χ1n) is 6.71. The van der Waals surface area contributed by atoms with Gasteiger partial charge in [-0.3, -0.25) is 0 Å². The lowest BCUT2D eigenvalue weighted by molar-refractivity contribution is 0.0904. The molecule has 2 heterocycles. The molecular formula is C13H22N4O. The molecule has 0 saturated carbocycles. The average molecular weight is 250 g/mol. The van der Waals surface area contributed by atoms with Gasteiger partial charge in [0, 0.05) is 31.4 Å². The molecule has 2 N–H and O–H groups in total. The zero-order valence-electron chi connectivity index (χ0n) is 11.2. The molecule has 0 atom stereocenters. The molecule has 2 rings (SSSR count). The largest absolute Gasteiger partial charge is 0.381 e. The lowest BCUT2D eigenvalue weighted by atomic mass is 10.1. The zero-order chi connectivity index (χ0) is 12.8. The van der Waals surface area contributed by atoms with E-state index >= 15 is 0 Å². The first-order valence-corrected chi connectivity index (χ1v) is 6.71. The summed E-state index contributed by atoms with van der Waals surface area (Å²) in [5, 5.41) is 6.82. The van der Waals surface area contributed by atoms with Crippen LogP contribution in [0.4, 0.5) is 11.6 Å². The second-order valence-electron chi connectivity index (χ2n) is 4.65. The van der Waals surface area contributed by atoms with Crippen molar-refractivity contribution in [3.05, 3.63) is 11.9 Å². The molecule has 1 aliphatic rings. The normalized spacial score (nSPS) is 16.6. The molecule has 1 aliphatic heterocycles. The summed E-state index contributed by atoms with van der Waals surface area (Å²) >= 11 is 0. The van der Waals surface area contributed by atoms with E-state index in [0.29, 0.717) is 6.04 Å². The first-order chi connectivity index (χ1) is 8.81. The number of aromatic nitrogens is 2. The van der Waals surface area contributed by atoms with Gasteiger partial charge < -0.3 is 15.4 Å². The number of ether oxygens (including phenoxy) is 1. The predicted molar refractivity (Wildman–Crippen MR) is 73.0 cm³/mol. The molecule has 0 amide bonds. The fraction of sp³-hybridized carbons (Fsp3) is 0.692. The fourth-order valence-electron chi connectivity index (χ4n) is 2.05. The lowest BCUT2D eigenvalue weighted by Gasteiger charge is -2.24. The Morgan fingerprint density at radius 1 is 1.28 bits per heavy atom.